The number of ether oxygens (including phenoxy) is 1. The zero-order valence-corrected chi connectivity index (χ0v) is 6.39. The number of hydrogen-bond donors (Lipinski definition) is 0. The van der Waals surface area contributed by atoms with Gasteiger partial charge in [0, 0.05) is 0 Å². The fourth-order valence-electron chi connectivity index (χ4n) is 1.30. The quantitative estimate of drug-likeness (QED) is 0.503. The largest absolute Gasteiger partial charge is 0.326 e. The summed E-state index contributed by atoms with van der Waals surface area (Å²) in [5, 5.41) is 0. The minimum atomic E-state index is 0.938. The van der Waals surface area contributed by atoms with E-state index in [2.05, 4.69) is 13.8 Å². The lowest BCUT2D eigenvalue weighted by Crippen LogP contribution is -2.45. The van der Waals surface area contributed by atoms with Crippen molar-refractivity contribution in [3.8, 4) is 0 Å². The molecule has 1 saturated heterocycles. The molecule has 1 aliphatic rings. The molecule has 1 aliphatic heterocycles. The molecule has 1 fully saturated rings. The summed E-state index contributed by atoms with van der Waals surface area (Å²) in [7, 11) is 0. The smallest absolute Gasteiger partial charge is 0.183 e. The van der Waals surface area contributed by atoms with Gasteiger partial charge in [-0.3, -0.25) is 4.48 Å². The molecule has 2 nitrogen and oxygen atoms in total. The second kappa shape index (κ2) is 2.67. The Balaban J connectivity index is 2.45. The van der Waals surface area contributed by atoms with Gasteiger partial charge in [0.05, 0.1) is 13.1 Å². The third kappa shape index (κ3) is 1.25. The van der Waals surface area contributed by atoms with E-state index in [9.17, 15) is 0 Å². The van der Waals surface area contributed by atoms with Gasteiger partial charge in [0.25, 0.3) is 0 Å². The third-order valence-electron chi connectivity index (χ3n) is 2.42. The Kier molecular flexibility index (Phi) is 2.09. The molecule has 0 aliphatic carbocycles. The zero-order chi connectivity index (χ0) is 6.74. The monoisotopic (exact) mass is 130 g/mol. The Labute approximate surface area is 57.0 Å². The summed E-state index contributed by atoms with van der Waals surface area (Å²) >= 11 is 0. The Bertz CT molecular complexity index is 80.9. The van der Waals surface area contributed by atoms with Crippen molar-refractivity contribution in [2.75, 3.05) is 33.0 Å². The highest BCUT2D eigenvalue weighted by Gasteiger charge is 2.28. The molecule has 0 aromatic rings. The van der Waals surface area contributed by atoms with Gasteiger partial charge in [0.15, 0.2) is 6.73 Å². The molecule has 54 valence electrons. The highest BCUT2D eigenvalue weighted by Crippen LogP contribution is 2.11. The molecular weight excluding hydrogens is 114 g/mol. The van der Waals surface area contributed by atoms with Gasteiger partial charge in [0.2, 0.25) is 0 Å². The maximum atomic E-state index is 5.31. The Morgan fingerprint density at radius 3 is 2.22 bits per heavy atom. The number of rotatable bonds is 2. The lowest BCUT2D eigenvalue weighted by atomic mass is 10.4. The van der Waals surface area contributed by atoms with Crippen LogP contribution < -0.4 is 0 Å². The lowest BCUT2D eigenvalue weighted by Gasteiger charge is -2.29. The van der Waals surface area contributed by atoms with Crippen molar-refractivity contribution in [3.63, 3.8) is 0 Å². The van der Waals surface area contributed by atoms with E-state index in [1.54, 1.807) is 0 Å². The number of hydrogen-bond acceptors (Lipinski definition) is 1. The molecule has 0 atom stereocenters. The van der Waals surface area contributed by atoms with Crippen LogP contribution in [-0.2, 0) is 4.74 Å². The van der Waals surface area contributed by atoms with E-state index >= 15 is 0 Å². The Morgan fingerprint density at radius 2 is 2.00 bits per heavy atom. The van der Waals surface area contributed by atoms with Crippen LogP contribution >= 0.6 is 0 Å². The van der Waals surface area contributed by atoms with E-state index in [0.717, 1.165) is 13.3 Å². The first-order valence-electron chi connectivity index (χ1n) is 3.76. The fourth-order valence-corrected chi connectivity index (χ4v) is 1.30. The molecule has 1 rings (SSSR count). The van der Waals surface area contributed by atoms with E-state index in [-0.39, 0.29) is 0 Å². The minimum absolute atomic E-state index is 0.938. The molecule has 0 spiro atoms. The predicted molar refractivity (Wildman–Crippen MR) is 37.0 cm³/mol. The first-order chi connectivity index (χ1) is 4.33. The summed E-state index contributed by atoms with van der Waals surface area (Å²) in [5.74, 6) is 0. The molecule has 0 aromatic carbocycles. The van der Waals surface area contributed by atoms with Crippen LogP contribution in [-0.4, -0.2) is 37.5 Å². The molecule has 0 amide bonds. The number of quaternary nitrogens is 1. The maximum absolute atomic E-state index is 5.31. The molecule has 0 saturated carbocycles. The summed E-state index contributed by atoms with van der Waals surface area (Å²) < 4.78 is 6.48. The van der Waals surface area contributed by atoms with Crippen LogP contribution in [0.1, 0.15) is 13.8 Å². The molecule has 0 radical (unpaired) electrons. The van der Waals surface area contributed by atoms with Crippen LogP contribution in [0.2, 0.25) is 0 Å². The summed E-state index contributed by atoms with van der Waals surface area (Å²) in [5.41, 5.74) is 0. The standard InChI is InChI=1S/C7H16NO/c1-3-8(4-2)5-6-9-7-8/h3-7H2,1-2H3/q+1. The summed E-state index contributed by atoms with van der Waals surface area (Å²) in [6.07, 6.45) is 0. The second-order valence-electron chi connectivity index (χ2n) is 2.74. The van der Waals surface area contributed by atoms with Gasteiger partial charge >= 0.3 is 0 Å². The molecule has 9 heavy (non-hydrogen) atoms. The van der Waals surface area contributed by atoms with E-state index in [1.165, 1.54) is 24.1 Å². The van der Waals surface area contributed by atoms with Gasteiger partial charge in [-0.05, 0) is 13.8 Å². The van der Waals surface area contributed by atoms with Gasteiger partial charge in [0.1, 0.15) is 13.2 Å². The topological polar surface area (TPSA) is 9.23 Å². The highest BCUT2D eigenvalue weighted by molar-refractivity contribution is 4.41. The van der Waals surface area contributed by atoms with Crippen molar-refractivity contribution in [1.82, 2.24) is 0 Å². The summed E-state index contributed by atoms with van der Waals surface area (Å²) in [6, 6.07) is 0. The van der Waals surface area contributed by atoms with Crippen molar-refractivity contribution < 1.29 is 9.22 Å². The fraction of sp³-hybridized carbons (Fsp3) is 1.00. The molecule has 2 heteroatoms. The van der Waals surface area contributed by atoms with Gasteiger partial charge < -0.3 is 4.74 Å². The molecule has 0 bridgehead atoms. The Morgan fingerprint density at radius 1 is 1.33 bits per heavy atom. The summed E-state index contributed by atoms with van der Waals surface area (Å²) in [4.78, 5) is 0. The van der Waals surface area contributed by atoms with Gasteiger partial charge in [-0.25, -0.2) is 0 Å². The first-order valence-corrected chi connectivity index (χ1v) is 3.76. The SMILES string of the molecule is CC[N+]1(CC)CCOC1. The van der Waals surface area contributed by atoms with Gasteiger partial charge in [-0.15, -0.1) is 0 Å². The average Bonchev–Trinajstić information content (AvgIpc) is 2.36. The van der Waals surface area contributed by atoms with Crippen molar-refractivity contribution in [2.24, 2.45) is 0 Å². The molecule has 0 unspecified atom stereocenters. The van der Waals surface area contributed by atoms with Crippen LogP contribution in [0, 0.1) is 0 Å². The van der Waals surface area contributed by atoms with Gasteiger partial charge in [-0.2, -0.15) is 0 Å². The van der Waals surface area contributed by atoms with E-state index in [4.69, 9.17) is 4.74 Å². The van der Waals surface area contributed by atoms with Crippen LogP contribution in [0.3, 0.4) is 0 Å². The summed E-state index contributed by atoms with van der Waals surface area (Å²) in [6.45, 7) is 10.0. The minimum Gasteiger partial charge on any atom is -0.326 e. The molecule has 1 heterocycles. The van der Waals surface area contributed by atoms with Crippen LogP contribution in [0.4, 0.5) is 0 Å². The molecule has 0 aromatic heterocycles. The average molecular weight is 130 g/mol. The van der Waals surface area contributed by atoms with Gasteiger partial charge in [-0.1, -0.05) is 0 Å². The number of likely N-dealkylation sites (N-methyl/N-ethyl adjacent to an activating group) is 1. The normalized spacial score (nSPS) is 24.7. The molecule has 0 N–H and O–H groups in total. The van der Waals surface area contributed by atoms with Crippen LogP contribution in [0.5, 0.6) is 0 Å². The van der Waals surface area contributed by atoms with Crippen molar-refractivity contribution in [2.45, 2.75) is 13.8 Å². The first kappa shape index (κ1) is 7.03. The van der Waals surface area contributed by atoms with Crippen LogP contribution in [0.15, 0.2) is 0 Å². The number of nitrogens with zero attached hydrogens (tertiary/aromatic N) is 1. The lowest BCUT2D eigenvalue weighted by molar-refractivity contribution is -0.921. The van der Waals surface area contributed by atoms with E-state index in [0.29, 0.717) is 0 Å². The maximum Gasteiger partial charge on any atom is 0.183 e. The Hall–Kier alpha value is -0.0800. The van der Waals surface area contributed by atoms with E-state index < -0.39 is 0 Å². The third-order valence-corrected chi connectivity index (χ3v) is 2.42. The van der Waals surface area contributed by atoms with Crippen molar-refractivity contribution >= 4 is 0 Å². The van der Waals surface area contributed by atoms with Crippen molar-refractivity contribution in [3.05, 3.63) is 0 Å². The zero-order valence-electron chi connectivity index (χ0n) is 6.39. The van der Waals surface area contributed by atoms with Crippen LogP contribution in [0.25, 0.3) is 0 Å². The van der Waals surface area contributed by atoms with Crippen molar-refractivity contribution in [1.29, 1.82) is 0 Å². The second-order valence-corrected chi connectivity index (χ2v) is 2.74. The predicted octanol–water partition coefficient (Wildman–Crippen LogP) is 0.831. The highest BCUT2D eigenvalue weighted by atomic mass is 16.5. The molecular formula is C7H16NO+. The van der Waals surface area contributed by atoms with E-state index in [1.807, 2.05) is 0 Å².